The second kappa shape index (κ2) is 9.64. The lowest BCUT2D eigenvalue weighted by Crippen LogP contribution is -2.11. The van der Waals surface area contributed by atoms with Crippen molar-refractivity contribution in [1.29, 1.82) is 0 Å². The molecule has 172 valence electrons. The zero-order valence-electron chi connectivity index (χ0n) is 17.6. The van der Waals surface area contributed by atoms with Gasteiger partial charge in [-0.2, -0.15) is 4.99 Å². The van der Waals surface area contributed by atoms with E-state index in [1.165, 1.54) is 23.9 Å². The van der Waals surface area contributed by atoms with E-state index >= 15 is 0 Å². The molecule has 1 amide bonds. The fourth-order valence-electron chi connectivity index (χ4n) is 3.23. The van der Waals surface area contributed by atoms with Crippen LogP contribution in [0.3, 0.4) is 0 Å². The van der Waals surface area contributed by atoms with Crippen molar-refractivity contribution in [3.05, 3.63) is 88.8 Å². The molecule has 4 N–H and O–H groups in total. The number of benzene rings is 3. The van der Waals surface area contributed by atoms with E-state index in [0.717, 1.165) is 16.7 Å². The summed E-state index contributed by atoms with van der Waals surface area (Å²) in [5.74, 6) is -1.25. The summed E-state index contributed by atoms with van der Waals surface area (Å²) < 4.78 is 22.8. The van der Waals surface area contributed by atoms with Gasteiger partial charge in [-0.1, -0.05) is 48.5 Å². The van der Waals surface area contributed by atoms with Crippen LogP contribution < -0.4 is 10.5 Å². The molecule has 0 unspecified atom stereocenters. The number of sulfonamides is 1. The van der Waals surface area contributed by atoms with Gasteiger partial charge in [0.1, 0.15) is 0 Å². The number of aliphatic imine (C=N–C) groups is 1. The van der Waals surface area contributed by atoms with Crippen LogP contribution in [0.1, 0.15) is 11.1 Å². The number of amidine groups is 1. The predicted octanol–water partition coefficient (Wildman–Crippen LogP) is 3.71. The van der Waals surface area contributed by atoms with E-state index in [2.05, 4.69) is 10.3 Å². The molecule has 1 aliphatic heterocycles. The number of carboxylic acid groups (broad SMARTS) is 1. The van der Waals surface area contributed by atoms with Crippen molar-refractivity contribution in [2.75, 3.05) is 5.32 Å². The summed E-state index contributed by atoms with van der Waals surface area (Å²) in [6.45, 7) is 0. The maximum absolute atomic E-state index is 12.3. The van der Waals surface area contributed by atoms with Gasteiger partial charge in [0.2, 0.25) is 10.0 Å². The van der Waals surface area contributed by atoms with Gasteiger partial charge in [-0.15, -0.1) is 0 Å². The van der Waals surface area contributed by atoms with Crippen molar-refractivity contribution < 1.29 is 23.1 Å². The maximum Gasteiger partial charge on any atom is 0.307 e. The first-order valence-corrected chi connectivity index (χ1v) is 12.4. The summed E-state index contributed by atoms with van der Waals surface area (Å²) >= 11 is 1.22. The zero-order chi connectivity index (χ0) is 24.3. The number of hydrogen-bond donors (Lipinski definition) is 3. The lowest BCUT2D eigenvalue weighted by molar-refractivity contribution is -0.136. The minimum absolute atomic E-state index is 0.0509. The Morgan fingerprint density at radius 2 is 1.56 bits per heavy atom. The highest BCUT2D eigenvalue weighted by Crippen LogP contribution is 2.30. The number of nitrogens with zero attached hydrogens (tertiary/aromatic N) is 1. The third-order valence-corrected chi connectivity index (χ3v) is 6.73. The Morgan fingerprint density at radius 1 is 0.971 bits per heavy atom. The van der Waals surface area contributed by atoms with Gasteiger partial charge in [0, 0.05) is 5.69 Å². The molecule has 0 radical (unpaired) electrons. The van der Waals surface area contributed by atoms with Gasteiger partial charge in [-0.25, -0.2) is 13.6 Å². The van der Waals surface area contributed by atoms with Crippen molar-refractivity contribution in [3.63, 3.8) is 0 Å². The van der Waals surface area contributed by atoms with E-state index in [4.69, 9.17) is 10.2 Å². The monoisotopic (exact) mass is 493 g/mol. The molecule has 0 bridgehead atoms. The van der Waals surface area contributed by atoms with Crippen LogP contribution in [0.25, 0.3) is 17.2 Å². The number of rotatable bonds is 6. The number of hydrogen-bond acceptors (Lipinski definition) is 6. The number of carboxylic acids is 1. The standard InChI is InChI=1S/C24H19N3O5S2/c25-34(31,32)20-11-7-18(8-12-20)17-5-1-15(2-6-17)13-21-23(30)27-24(33-21)26-19-9-3-16(4-10-19)14-22(28)29/h1-13H,14H2,(H,28,29)(H2,25,31,32)(H,26,27,30)/b21-13+. The molecule has 0 spiro atoms. The maximum atomic E-state index is 12.3. The molecular formula is C24H19N3O5S2. The summed E-state index contributed by atoms with van der Waals surface area (Å²) in [6, 6.07) is 20.6. The summed E-state index contributed by atoms with van der Waals surface area (Å²) in [6.07, 6.45) is 1.69. The molecule has 34 heavy (non-hydrogen) atoms. The van der Waals surface area contributed by atoms with E-state index in [0.29, 0.717) is 21.3 Å². The third kappa shape index (κ3) is 5.79. The zero-order valence-corrected chi connectivity index (χ0v) is 19.3. The highest BCUT2D eigenvalue weighted by atomic mass is 32.2. The minimum Gasteiger partial charge on any atom is -0.481 e. The largest absolute Gasteiger partial charge is 0.481 e. The third-order valence-electron chi connectivity index (χ3n) is 4.91. The number of carbonyl (C=O) groups excluding carboxylic acids is 1. The molecule has 3 aromatic rings. The summed E-state index contributed by atoms with van der Waals surface area (Å²) in [5.41, 5.74) is 3.92. The van der Waals surface area contributed by atoms with Crippen LogP contribution in [-0.2, 0) is 26.0 Å². The fourth-order valence-corrected chi connectivity index (χ4v) is 4.58. The average molecular weight is 494 g/mol. The topological polar surface area (TPSA) is 139 Å². The number of primary sulfonamides is 1. The molecule has 4 rings (SSSR count). The molecule has 10 heteroatoms. The highest BCUT2D eigenvalue weighted by Gasteiger charge is 2.22. The molecule has 0 atom stereocenters. The molecule has 0 aromatic heterocycles. The summed E-state index contributed by atoms with van der Waals surface area (Å²) in [7, 11) is -3.74. The first-order valence-electron chi connectivity index (χ1n) is 10.0. The van der Waals surface area contributed by atoms with E-state index in [9.17, 15) is 18.0 Å². The van der Waals surface area contributed by atoms with Gasteiger partial charge in [0.05, 0.1) is 16.2 Å². The first kappa shape index (κ1) is 23.4. The van der Waals surface area contributed by atoms with Gasteiger partial charge in [-0.05, 0) is 64.4 Å². The molecule has 0 fully saturated rings. The normalized spacial score (nSPS) is 14.8. The second-order valence-corrected chi connectivity index (χ2v) is 10.0. The van der Waals surface area contributed by atoms with Crippen molar-refractivity contribution in [3.8, 4) is 11.1 Å². The van der Waals surface area contributed by atoms with E-state index in [1.54, 1.807) is 42.5 Å². The van der Waals surface area contributed by atoms with E-state index < -0.39 is 16.0 Å². The van der Waals surface area contributed by atoms with Crippen LogP contribution in [0, 0.1) is 0 Å². The van der Waals surface area contributed by atoms with Crippen LogP contribution in [0.15, 0.2) is 87.6 Å². The van der Waals surface area contributed by atoms with Crippen LogP contribution in [0.2, 0.25) is 0 Å². The van der Waals surface area contributed by atoms with E-state index in [-0.39, 0.29) is 17.2 Å². The number of amides is 1. The fraction of sp³-hybridized carbons (Fsp3) is 0.0417. The van der Waals surface area contributed by atoms with Gasteiger partial charge < -0.3 is 10.4 Å². The Kier molecular flexibility index (Phi) is 6.64. The van der Waals surface area contributed by atoms with Gasteiger partial charge in [0.25, 0.3) is 5.91 Å². The van der Waals surface area contributed by atoms with Gasteiger partial charge in [-0.3, -0.25) is 9.59 Å². The van der Waals surface area contributed by atoms with Crippen LogP contribution in [0.5, 0.6) is 0 Å². The smallest absolute Gasteiger partial charge is 0.307 e. The molecule has 8 nitrogen and oxygen atoms in total. The number of anilines is 1. The lowest BCUT2D eigenvalue weighted by atomic mass is 10.0. The first-order chi connectivity index (χ1) is 16.2. The van der Waals surface area contributed by atoms with Crippen molar-refractivity contribution in [2.45, 2.75) is 11.3 Å². The van der Waals surface area contributed by atoms with Crippen LogP contribution in [0.4, 0.5) is 5.69 Å². The molecular weight excluding hydrogens is 474 g/mol. The summed E-state index contributed by atoms with van der Waals surface area (Å²) in [5, 5.41) is 17.5. The van der Waals surface area contributed by atoms with E-state index in [1.807, 2.05) is 24.3 Å². The number of carbonyl (C=O) groups is 2. The van der Waals surface area contributed by atoms with Gasteiger partial charge >= 0.3 is 5.97 Å². The van der Waals surface area contributed by atoms with Crippen LogP contribution in [-0.4, -0.2) is 30.6 Å². The minimum atomic E-state index is -3.74. The highest BCUT2D eigenvalue weighted by molar-refractivity contribution is 8.18. The molecule has 1 heterocycles. The number of nitrogens with two attached hydrogens (primary N) is 1. The predicted molar refractivity (Wildman–Crippen MR) is 133 cm³/mol. The van der Waals surface area contributed by atoms with Crippen molar-refractivity contribution in [2.24, 2.45) is 10.1 Å². The lowest BCUT2D eigenvalue weighted by Gasteiger charge is -2.06. The molecule has 0 saturated heterocycles. The molecule has 0 aliphatic carbocycles. The molecule has 1 aliphatic rings. The SMILES string of the molecule is NS(=O)(=O)c1ccc(-c2ccc(/C=C3/SC(Nc4ccc(CC(=O)O)cc4)=NC3=O)cc2)cc1. The number of nitrogens with one attached hydrogen (secondary N) is 1. The van der Waals surface area contributed by atoms with Crippen LogP contribution >= 0.6 is 11.8 Å². The summed E-state index contributed by atoms with van der Waals surface area (Å²) in [4.78, 5) is 27.7. The second-order valence-electron chi connectivity index (χ2n) is 7.42. The van der Waals surface area contributed by atoms with Crippen molar-refractivity contribution in [1.82, 2.24) is 0 Å². The van der Waals surface area contributed by atoms with Crippen molar-refractivity contribution >= 4 is 50.6 Å². The Morgan fingerprint density at radius 3 is 2.12 bits per heavy atom. The van der Waals surface area contributed by atoms with Gasteiger partial charge in [0.15, 0.2) is 5.17 Å². The molecule has 3 aromatic carbocycles. The number of thioether (sulfide) groups is 1. The Balaban J connectivity index is 1.42. The Hall–Kier alpha value is -3.73. The average Bonchev–Trinajstić information content (AvgIpc) is 3.13. The Labute approximate surface area is 200 Å². The molecule has 0 saturated carbocycles. The number of aliphatic carboxylic acids is 1. The quantitative estimate of drug-likeness (QED) is 0.445. The Bertz CT molecular complexity index is 1410.